The fraction of sp³-hybridized carbons (Fsp3) is 0.333. The number of carbonyl (C=O) groups is 1. The molecule has 6 nitrogen and oxygen atoms in total. The number of halogens is 1. The predicted octanol–water partition coefficient (Wildman–Crippen LogP) is 1.90. The van der Waals surface area contributed by atoms with Gasteiger partial charge < -0.3 is 15.8 Å². The monoisotopic (exact) mass is 324 g/mol. The molecule has 0 saturated heterocycles. The summed E-state index contributed by atoms with van der Waals surface area (Å²) in [5.74, 6) is 0.476. The number of nitrogens with zero attached hydrogens (tertiary/aromatic N) is 2. The molecule has 1 amide bonds. The molecule has 22 heavy (non-hydrogen) atoms. The van der Waals surface area contributed by atoms with Crippen LogP contribution in [0.15, 0.2) is 36.5 Å². The number of methoxy groups -OCH3 is 1. The van der Waals surface area contributed by atoms with Crippen molar-refractivity contribution in [3.05, 3.63) is 42.1 Å². The summed E-state index contributed by atoms with van der Waals surface area (Å²) in [5.41, 5.74) is 7.53. The second-order valence-corrected chi connectivity index (χ2v) is 4.76. The molecule has 0 aliphatic heterocycles. The Hall–Kier alpha value is -1.89. The average Bonchev–Trinajstić information content (AvgIpc) is 2.93. The van der Waals surface area contributed by atoms with E-state index in [1.807, 2.05) is 31.2 Å². The van der Waals surface area contributed by atoms with Crippen LogP contribution in [0.5, 0.6) is 0 Å². The quantitative estimate of drug-likeness (QED) is 0.850. The smallest absolute Gasteiger partial charge is 0.228 e. The van der Waals surface area contributed by atoms with Crippen LogP contribution in [0.4, 0.5) is 5.82 Å². The van der Waals surface area contributed by atoms with E-state index in [0.717, 1.165) is 11.3 Å². The van der Waals surface area contributed by atoms with Gasteiger partial charge in [0.25, 0.3) is 0 Å². The van der Waals surface area contributed by atoms with Crippen molar-refractivity contribution in [1.29, 1.82) is 0 Å². The van der Waals surface area contributed by atoms with Crippen molar-refractivity contribution in [1.82, 2.24) is 9.78 Å². The third-order valence-corrected chi connectivity index (χ3v) is 3.26. The van der Waals surface area contributed by atoms with Crippen LogP contribution in [0.3, 0.4) is 0 Å². The van der Waals surface area contributed by atoms with E-state index in [2.05, 4.69) is 10.4 Å². The van der Waals surface area contributed by atoms with Crippen LogP contribution in [-0.4, -0.2) is 35.4 Å². The molecule has 0 saturated carbocycles. The Bertz CT molecular complexity index is 611. The zero-order chi connectivity index (χ0) is 15.2. The number of hydrogen-bond acceptors (Lipinski definition) is 4. The Morgan fingerprint density at radius 3 is 2.77 bits per heavy atom. The lowest BCUT2D eigenvalue weighted by molar-refractivity contribution is -0.118. The highest BCUT2D eigenvalue weighted by Gasteiger charge is 2.14. The number of anilines is 1. The molecule has 0 radical (unpaired) electrons. The molecule has 3 N–H and O–H groups in total. The number of carbonyl (C=O) groups excluding carboxylic acids is 1. The number of amides is 1. The van der Waals surface area contributed by atoms with Crippen molar-refractivity contribution in [2.75, 3.05) is 19.0 Å². The zero-order valence-corrected chi connectivity index (χ0v) is 13.5. The first-order valence-electron chi connectivity index (χ1n) is 6.78. The number of nitrogens with one attached hydrogen (secondary N) is 1. The van der Waals surface area contributed by atoms with Crippen molar-refractivity contribution >= 4 is 24.1 Å². The van der Waals surface area contributed by atoms with Crippen LogP contribution in [0.25, 0.3) is 5.69 Å². The van der Waals surface area contributed by atoms with Gasteiger partial charge in [-0.15, -0.1) is 12.4 Å². The van der Waals surface area contributed by atoms with Crippen LogP contribution in [0.2, 0.25) is 0 Å². The molecule has 1 heterocycles. The van der Waals surface area contributed by atoms with E-state index in [-0.39, 0.29) is 30.8 Å². The number of ether oxygens (including phenoxy) is 1. The number of nitrogens with two attached hydrogens (primary N) is 1. The topological polar surface area (TPSA) is 82.2 Å². The maximum atomic E-state index is 12.0. The number of benzene rings is 1. The molecule has 1 atom stereocenters. The molecule has 0 aliphatic rings. The minimum Gasteiger partial charge on any atom is -0.380 e. The lowest BCUT2D eigenvalue weighted by Gasteiger charge is -2.14. The van der Waals surface area contributed by atoms with Crippen LogP contribution >= 0.6 is 12.4 Å². The van der Waals surface area contributed by atoms with Crippen molar-refractivity contribution < 1.29 is 9.53 Å². The van der Waals surface area contributed by atoms with Crippen molar-refractivity contribution in [3.8, 4) is 5.69 Å². The van der Waals surface area contributed by atoms with Crippen LogP contribution in [0, 0.1) is 6.92 Å². The van der Waals surface area contributed by atoms with Gasteiger partial charge in [-0.3, -0.25) is 4.79 Å². The SMILES string of the molecule is COC(CN)CC(=O)Nc1ccnn1-c1ccccc1C.Cl. The molecule has 7 heteroatoms. The standard InChI is InChI=1S/C15H20N4O2.ClH/c1-11-5-3-4-6-13(11)19-14(7-8-17-19)18-15(20)9-12(10-16)21-2;/h3-8,12H,9-10,16H2,1-2H3,(H,18,20);1H. The van der Waals surface area contributed by atoms with Crippen molar-refractivity contribution in [2.24, 2.45) is 5.73 Å². The van der Waals surface area contributed by atoms with Crippen molar-refractivity contribution in [3.63, 3.8) is 0 Å². The summed E-state index contributed by atoms with van der Waals surface area (Å²) >= 11 is 0. The van der Waals surface area contributed by atoms with Gasteiger partial charge in [0.15, 0.2) is 0 Å². The van der Waals surface area contributed by atoms with Crippen LogP contribution in [-0.2, 0) is 9.53 Å². The van der Waals surface area contributed by atoms with E-state index in [0.29, 0.717) is 12.4 Å². The van der Waals surface area contributed by atoms with Gasteiger partial charge in [-0.2, -0.15) is 5.10 Å². The summed E-state index contributed by atoms with van der Waals surface area (Å²) < 4.78 is 6.82. The highest BCUT2D eigenvalue weighted by atomic mass is 35.5. The molecule has 120 valence electrons. The highest BCUT2D eigenvalue weighted by Crippen LogP contribution is 2.18. The van der Waals surface area contributed by atoms with Gasteiger partial charge >= 0.3 is 0 Å². The number of para-hydroxylation sites is 1. The van der Waals surface area contributed by atoms with Gasteiger partial charge in [0.2, 0.25) is 5.91 Å². The molecule has 0 bridgehead atoms. The van der Waals surface area contributed by atoms with Gasteiger partial charge in [0.05, 0.1) is 24.4 Å². The van der Waals surface area contributed by atoms with E-state index in [1.165, 1.54) is 0 Å². The summed E-state index contributed by atoms with van der Waals surface area (Å²) in [6, 6.07) is 9.61. The van der Waals surface area contributed by atoms with Gasteiger partial charge in [0, 0.05) is 19.7 Å². The fourth-order valence-electron chi connectivity index (χ4n) is 2.05. The molecule has 2 rings (SSSR count). The molecular formula is C15H21ClN4O2. The van der Waals surface area contributed by atoms with E-state index in [4.69, 9.17) is 10.5 Å². The Morgan fingerprint density at radius 1 is 1.41 bits per heavy atom. The third-order valence-electron chi connectivity index (χ3n) is 3.26. The maximum absolute atomic E-state index is 12.0. The molecule has 1 unspecified atom stereocenters. The van der Waals surface area contributed by atoms with E-state index in [9.17, 15) is 4.79 Å². The summed E-state index contributed by atoms with van der Waals surface area (Å²) in [6.07, 6.45) is 1.59. The van der Waals surface area contributed by atoms with Crippen LogP contribution < -0.4 is 11.1 Å². The molecule has 2 aromatic rings. The number of rotatable bonds is 6. The zero-order valence-electron chi connectivity index (χ0n) is 12.7. The first kappa shape index (κ1) is 18.2. The number of aryl methyl sites for hydroxylation is 1. The summed E-state index contributed by atoms with van der Waals surface area (Å²) in [7, 11) is 1.54. The summed E-state index contributed by atoms with van der Waals surface area (Å²) in [6.45, 7) is 2.30. The second kappa shape index (κ2) is 8.53. The first-order chi connectivity index (χ1) is 10.2. The highest BCUT2D eigenvalue weighted by molar-refractivity contribution is 5.90. The van der Waals surface area contributed by atoms with Gasteiger partial charge in [0.1, 0.15) is 5.82 Å². The van der Waals surface area contributed by atoms with Gasteiger partial charge in [-0.05, 0) is 18.6 Å². The van der Waals surface area contributed by atoms with E-state index >= 15 is 0 Å². The lowest BCUT2D eigenvalue weighted by Crippen LogP contribution is -2.28. The summed E-state index contributed by atoms with van der Waals surface area (Å²) in [4.78, 5) is 12.0. The third kappa shape index (κ3) is 4.30. The largest absolute Gasteiger partial charge is 0.380 e. The van der Waals surface area contributed by atoms with Gasteiger partial charge in [-0.1, -0.05) is 18.2 Å². The molecule has 1 aromatic heterocycles. The lowest BCUT2D eigenvalue weighted by atomic mass is 10.2. The minimum absolute atomic E-state index is 0. The summed E-state index contributed by atoms with van der Waals surface area (Å²) in [5, 5.41) is 7.11. The van der Waals surface area contributed by atoms with Crippen molar-refractivity contribution in [2.45, 2.75) is 19.4 Å². The molecule has 0 spiro atoms. The second-order valence-electron chi connectivity index (χ2n) is 4.76. The normalized spacial score (nSPS) is 11.6. The van der Waals surface area contributed by atoms with E-state index < -0.39 is 0 Å². The maximum Gasteiger partial charge on any atom is 0.228 e. The Morgan fingerprint density at radius 2 is 2.14 bits per heavy atom. The predicted molar refractivity (Wildman–Crippen MR) is 88.6 cm³/mol. The minimum atomic E-state index is -0.278. The molecule has 1 aromatic carbocycles. The molecular weight excluding hydrogens is 304 g/mol. The van der Waals surface area contributed by atoms with Crippen LogP contribution in [0.1, 0.15) is 12.0 Å². The molecule has 0 fully saturated rings. The fourth-order valence-corrected chi connectivity index (χ4v) is 2.05. The Labute approximate surface area is 136 Å². The average molecular weight is 325 g/mol. The number of aromatic nitrogens is 2. The Kier molecular flexibility index (Phi) is 7.04. The van der Waals surface area contributed by atoms with E-state index in [1.54, 1.807) is 24.1 Å². The Balaban J connectivity index is 0.00000242. The number of hydrogen-bond donors (Lipinski definition) is 2. The molecule has 0 aliphatic carbocycles. The van der Waals surface area contributed by atoms with Gasteiger partial charge in [-0.25, -0.2) is 4.68 Å². The first-order valence-corrected chi connectivity index (χ1v) is 6.78.